The third kappa shape index (κ3) is 5.92. The molecule has 0 atom stereocenters. The van der Waals surface area contributed by atoms with Crippen molar-refractivity contribution in [3.05, 3.63) is 35.9 Å². The summed E-state index contributed by atoms with van der Waals surface area (Å²) in [5.41, 5.74) is 1.02. The molecule has 0 aromatic heterocycles. The number of rotatable bonds is 6. The molecule has 17 heavy (non-hydrogen) atoms. The summed E-state index contributed by atoms with van der Waals surface area (Å²) < 4.78 is 0. The summed E-state index contributed by atoms with van der Waals surface area (Å²) in [6.07, 6.45) is 0.230. The predicted octanol–water partition coefficient (Wildman–Crippen LogP) is 1.05. The summed E-state index contributed by atoms with van der Waals surface area (Å²) in [6, 6.07) is 9.57. The van der Waals surface area contributed by atoms with Crippen molar-refractivity contribution >= 4 is 23.4 Å². The Balaban J connectivity index is 2.20. The van der Waals surface area contributed by atoms with E-state index >= 15 is 0 Å². The SMILES string of the molecule is O=C(CCCl)NCC(=O)NCc1ccccc1. The van der Waals surface area contributed by atoms with Crippen LogP contribution < -0.4 is 10.6 Å². The van der Waals surface area contributed by atoms with Crippen molar-refractivity contribution in [2.45, 2.75) is 13.0 Å². The van der Waals surface area contributed by atoms with Gasteiger partial charge in [0.2, 0.25) is 11.8 Å². The Bertz CT molecular complexity index is 368. The number of carbonyl (C=O) groups excluding carboxylic acids is 2. The maximum absolute atomic E-state index is 11.4. The van der Waals surface area contributed by atoms with Crippen molar-refractivity contribution in [2.24, 2.45) is 0 Å². The lowest BCUT2D eigenvalue weighted by molar-refractivity contribution is -0.125. The van der Waals surface area contributed by atoms with Crippen LogP contribution in [-0.2, 0) is 16.1 Å². The van der Waals surface area contributed by atoms with Gasteiger partial charge in [0.05, 0.1) is 6.54 Å². The first-order valence-corrected chi connectivity index (χ1v) is 5.89. The molecule has 0 fully saturated rings. The molecule has 1 rings (SSSR count). The molecule has 0 radical (unpaired) electrons. The molecule has 0 unspecified atom stereocenters. The molecule has 0 aliphatic heterocycles. The van der Waals surface area contributed by atoms with Crippen LogP contribution >= 0.6 is 11.6 Å². The van der Waals surface area contributed by atoms with E-state index in [4.69, 9.17) is 11.6 Å². The molecule has 92 valence electrons. The maximum atomic E-state index is 11.4. The lowest BCUT2D eigenvalue weighted by Gasteiger charge is -2.06. The summed E-state index contributed by atoms with van der Waals surface area (Å²) in [6.45, 7) is 0.452. The molecule has 0 heterocycles. The average molecular weight is 255 g/mol. The number of halogens is 1. The number of hydrogen-bond donors (Lipinski definition) is 2. The number of nitrogens with one attached hydrogen (secondary N) is 2. The molecule has 4 nitrogen and oxygen atoms in total. The van der Waals surface area contributed by atoms with Gasteiger partial charge in [-0.1, -0.05) is 30.3 Å². The summed E-state index contributed by atoms with van der Waals surface area (Å²) in [7, 11) is 0. The molecule has 0 bridgehead atoms. The van der Waals surface area contributed by atoms with Crippen LogP contribution in [0.5, 0.6) is 0 Å². The highest BCUT2D eigenvalue weighted by molar-refractivity contribution is 6.18. The van der Waals surface area contributed by atoms with E-state index in [9.17, 15) is 9.59 Å². The van der Waals surface area contributed by atoms with Crippen LogP contribution in [0.25, 0.3) is 0 Å². The van der Waals surface area contributed by atoms with Gasteiger partial charge in [0.1, 0.15) is 0 Å². The molecule has 1 aromatic carbocycles. The van der Waals surface area contributed by atoms with E-state index in [0.717, 1.165) is 5.56 Å². The summed E-state index contributed by atoms with van der Waals surface area (Å²) in [5, 5.41) is 5.19. The minimum atomic E-state index is -0.213. The standard InChI is InChI=1S/C12H15ClN2O2/c13-7-6-11(16)15-9-12(17)14-8-10-4-2-1-3-5-10/h1-5H,6-9H2,(H,14,17)(H,15,16). The van der Waals surface area contributed by atoms with Gasteiger partial charge in [-0.15, -0.1) is 11.6 Å². The minimum absolute atomic E-state index is 0.0114. The molecule has 5 heteroatoms. The fourth-order valence-corrected chi connectivity index (χ4v) is 1.38. The van der Waals surface area contributed by atoms with Crippen LogP contribution in [0.3, 0.4) is 0 Å². The minimum Gasteiger partial charge on any atom is -0.350 e. The molecule has 0 aliphatic carbocycles. The summed E-state index contributed by atoms with van der Waals surface area (Å²) in [4.78, 5) is 22.4. The van der Waals surface area contributed by atoms with E-state index < -0.39 is 0 Å². The molecule has 0 aliphatic rings. The number of benzene rings is 1. The van der Waals surface area contributed by atoms with Crippen molar-refractivity contribution in [2.75, 3.05) is 12.4 Å². The second-order valence-electron chi connectivity index (χ2n) is 3.48. The second kappa shape index (κ2) is 7.68. The van der Waals surface area contributed by atoms with Gasteiger partial charge in [0.15, 0.2) is 0 Å². The predicted molar refractivity (Wildman–Crippen MR) is 66.6 cm³/mol. The van der Waals surface area contributed by atoms with Gasteiger partial charge >= 0.3 is 0 Å². The first kappa shape index (κ1) is 13.5. The van der Waals surface area contributed by atoms with E-state index in [1.165, 1.54) is 0 Å². The van der Waals surface area contributed by atoms with Crippen LogP contribution in [0.1, 0.15) is 12.0 Å². The number of amides is 2. The topological polar surface area (TPSA) is 58.2 Å². The number of carbonyl (C=O) groups is 2. The van der Waals surface area contributed by atoms with Crippen molar-refractivity contribution < 1.29 is 9.59 Å². The van der Waals surface area contributed by atoms with Gasteiger partial charge in [0, 0.05) is 18.8 Å². The van der Waals surface area contributed by atoms with Crippen molar-refractivity contribution in [1.29, 1.82) is 0 Å². The Morgan fingerprint density at radius 3 is 2.41 bits per heavy atom. The van der Waals surface area contributed by atoms with E-state index in [0.29, 0.717) is 6.54 Å². The van der Waals surface area contributed by atoms with Crippen LogP contribution in [-0.4, -0.2) is 24.2 Å². The van der Waals surface area contributed by atoms with Crippen LogP contribution in [0.15, 0.2) is 30.3 Å². The zero-order valence-corrected chi connectivity index (χ0v) is 10.2. The van der Waals surface area contributed by atoms with Gasteiger partial charge in [0.25, 0.3) is 0 Å². The zero-order chi connectivity index (χ0) is 12.5. The number of hydrogen-bond acceptors (Lipinski definition) is 2. The Kier molecular flexibility index (Phi) is 6.10. The largest absolute Gasteiger partial charge is 0.350 e. The highest BCUT2D eigenvalue weighted by atomic mass is 35.5. The fraction of sp³-hybridized carbons (Fsp3) is 0.333. The van der Waals surface area contributed by atoms with Crippen molar-refractivity contribution in [1.82, 2.24) is 10.6 Å². The van der Waals surface area contributed by atoms with Gasteiger partial charge in [-0.3, -0.25) is 9.59 Å². The molecule has 0 saturated heterocycles. The van der Waals surface area contributed by atoms with Gasteiger partial charge in [-0.2, -0.15) is 0 Å². The molecule has 0 spiro atoms. The Labute approximate surface area is 105 Å². The molecule has 2 amide bonds. The Morgan fingerprint density at radius 1 is 1.06 bits per heavy atom. The summed E-state index contributed by atoms with van der Waals surface area (Å²) >= 11 is 5.39. The lowest BCUT2D eigenvalue weighted by Crippen LogP contribution is -2.36. The van der Waals surface area contributed by atoms with E-state index in [-0.39, 0.29) is 30.7 Å². The van der Waals surface area contributed by atoms with E-state index in [2.05, 4.69) is 10.6 Å². The first-order chi connectivity index (χ1) is 8.22. The highest BCUT2D eigenvalue weighted by Gasteiger charge is 2.04. The number of alkyl halides is 1. The van der Waals surface area contributed by atoms with Gasteiger partial charge in [-0.05, 0) is 5.56 Å². The van der Waals surface area contributed by atoms with E-state index in [1.54, 1.807) is 0 Å². The third-order valence-electron chi connectivity index (χ3n) is 2.10. The Hall–Kier alpha value is -1.55. The molecule has 1 aromatic rings. The van der Waals surface area contributed by atoms with Gasteiger partial charge < -0.3 is 10.6 Å². The summed E-state index contributed by atoms with van der Waals surface area (Å²) in [5.74, 6) is -0.163. The second-order valence-corrected chi connectivity index (χ2v) is 3.86. The third-order valence-corrected chi connectivity index (χ3v) is 2.29. The monoisotopic (exact) mass is 254 g/mol. The van der Waals surface area contributed by atoms with E-state index in [1.807, 2.05) is 30.3 Å². The molecular weight excluding hydrogens is 240 g/mol. The quantitative estimate of drug-likeness (QED) is 0.746. The normalized spacial score (nSPS) is 9.71. The van der Waals surface area contributed by atoms with Crippen LogP contribution in [0.2, 0.25) is 0 Å². The van der Waals surface area contributed by atoms with Crippen molar-refractivity contribution in [3.63, 3.8) is 0 Å². The molecular formula is C12H15ClN2O2. The zero-order valence-electron chi connectivity index (χ0n) is 9.41. The maximum Gasteiger partial charge on any atom is 0.239 e. The highest BCUT2D eigenvalue weighted by Crippen LogP contribution is 1.96. The average Bonchev–Trinajstić information content (AvgIpc) is 2.35. The molecule has 2 N–H and O–H groups in total. The Morgan fingerprint density at radius 2 is 1.76 bits per heavy atom. The van der Waals surface area contributed by atoms with Gasteiger partial charge in [-0.25, -0.2) is 0 Å². The van der Waals surface area contributed by atoms with Crippen molar-refractivity contribution in [3.8, 4) is 0 Å². The van der Waals surface area contributed by atoms with Crippen LogP contribution in [0, 0.1) is 0 Å². The first-order valence-electron chi connectivity index (χ1n) is 5.35. The fourth-order valence-electron chi connectivity index (χ4n) is 1.21. The lowest BCUT2D eigenvalue weighted by atomic mass is 10.2. The smallest absolute Gasteiger partial charge is 0.239 e. The van der Waals surface area contributed by atoms with Crippen LogP contribution in [0.4, 0.5) is 0 Å². The molecule has 0 saturated carbocycles.